The molecule has 2 N–H and O–H groups in total. The number of carboxylic acids is 1. The molecule has 0 fully saturated rings. The van der Waals surface area contributed by atoms with E-state index < -0.39 is 12.0 Å². The van der Waals surface area contributed by atoms with Crippen LogP contribution in [0, 0.1) is 5.92 Å². The zero-order chi connectivity index (χ0) is 8.85. The maximum absolute atomic E-state index is 10.5. The number of aliphatic carboxylic acids is 1. The second-order valence-corrected chi connectivity index (χ2v) is 2.57. The third-order valence-corrected chi connectivity index (χ3v) is 1.27. The van der Waals surface area contributed by atoms with Gasteiger partial charge in [0.25, 0.3) is 0 Å². The Kier molecular flexibility index (Phi) is 4.41. The summed E-state index contributed by atoms with van der Waals surface area (Å²) in [5.74, 6) is -0.964. The minimum atomic E-state index is -0.936. The molecule has 11 heavy (non-hydrogen) atoms. The second kappa shape index (κ2) is 4.82. The summed E-state index contributed by atoms with van der Waals surface area (Å²) in [7, 11) is 0. The van der Waals surface area contributed by atoms with Crippen LogP contribution in [0.1, 0.15) is 13.8 Å². The maximum Gasteiger partial charge on any atom is 0.328 e. The van der Waals surface area contributed by atoms with Gasteiger partial charge in [0.1, 0.15) is 6.04 Å². The molecule has 0 unspecified atom stereocenters. The van der Waals surface area contributed by atoms with Crippen molar-refractivity contribution in [2.75, 3.05) is 0 Å². The van der Waals surface area contributed by atoms with E-state index in [9.17, 15) is 4.79 Å². The number of carboxylic acid groups (broad SMARTS) is 1. The standard InChI is InChI=1S/C6H10N2O2S/c1-4(2)5(6(9)10)8-7-3-11/h4-5,8H,1-2H3,(H,9,10)/t5-/m0/s1. The third-order valence-electron chi connectivity index (χ3n) is 1.18. The van der Waals surface area contributed by atoms with E-state index in [1.54, 1.807) is 13.8 Å². The van der Waals surface area contributed by atoms with Crippen LogP contribution in [0.2, 0.25) is 0 Å². The van der Waals surface area contributed by atoms with Crippen molar-refractivity contribution in [2.45, 2.75) is 19.9 Å². The highest BCUT2D eigenvalue weighted by Crippen LogP contribution is 2.00. The van der Waals surface area contributed by atoms with Gasteiger partial charge in [0.05, 0.1) is 5.16 Å². The molecule has 0 rings (SSSR count). The predicted molar refractivity (Wildman–Crippen MR) is 44.4 cm³/mol. The highest BCUT2D eigenvalue weighted by molar-refractivity contribution is 7.78. The molecule has 0 aromatic carbocycles. The van der Waals surface area contributed by atoms with Crippen LogP contribution < -0.4 is 5.43 Å². The van der Waals surface area contributed by atoms with Crippen molar-refractivity contribution in [3.63, 3.8) is 0 Å². The van der Waals surface area contributed by atoms with Crippen LogP contribution in [0.4, 0.5) is 0 Å². The van der Waals surface area contributed by atoms with E-state index in [-0.39, 0.29) is 5.92 Å². The molecule has 0 amide bonds. The first kappa shape index (κ1) is 10.1. The number of rotatable bonds is 4. The number of hydrazone groups is 1. The molecule has 62 valence electrons. The van der Waals surface area contributed by atoms with E-state index in [2.05, 4.69) is 22.7 Å². The van der Waals surface area contributed by atoms with Gasteiger partial charge in [-0.1, -0.05) is 13.8 Å². The van der Waals surface area contributed by atoms with Crippen LogP contribution in [0.15, 0.2) is 5.10 Å². The molecule has 0 saturated carbocycles. The van der Waals surface area contributed by atoms with Gasteiger partial charge >= 0.3 is 5.97 Å². The summed E-state index contributed by atoms with van der Waals surface area (Å²) < 4.78 is 0. The molecule has 0 spiro atoms. The maximum atomic E-state index is 10.5. The van der Waals surface area contributed by atoms with Crippen molar-refractivity contribution in [3.8, 4) is 0 Å². The van der Waals surface area contributed by atoms with Crippen molar-refractivity contribution in [1.82, 2.24) is 5.43 Å². The van der Waals surface area contributed by atoms with Crippen LogP contribution in [0.5, 0.6) is 0 Å². The Morgan fingerprint density at radius 1 is 1.73 bits per heavy atom. The Hall–Kier alpha value is -0.930. The molecule has 0 aliphatic carbocycles. The van der Waals surface area contributed by atoms with Crippen LogP contribution in [0.25, 0.3) is 0 Å². The topological polar surface area (TPSA) is 61.7 Å². The van der Waals surface area contributed by atoms with E-state index in [1.165, 1.54) is 0 Å². The Morgan fingerprint density at radius 2 is 2.27 bits per heavy atom. The van der Waals surface area contributed by atoms with Gasteiger partial charge in [-0.15, -0.1) is 5.10 Å². The van der Waals surface area contributed by atoms with E-state index in [4.69, 9.17) is 5.11 Å². The fraction of sp³-hybridized carbons (Fsp3) is 0.667. The summed E-state index contributed by atoms with van der Waals surface area (Å²) in [6.07, 6.45) is 0. The van der Waals surface area contributed by atoms with Crippen molar-refractivity contribution in [3.05, 3.63) is 0 Å². The van der Waals surface area contributed by atoms with Crippen molar-refractivity contribution >= 4 is 23.3 Å². The highest BCUT2D eigenvalue weighted by Gasteiger charge is 2.19. The SMILES string of the molecule is CC(C)[C@H](NN=C=S)C(=O)O. The number of isothiocyanates is 1. The Labute approximate surface area is 70.3 Å². The summed E-state index contributed by atoms with van der Waals surface area (Å²) in [4.78, 5) is 10.5. The molecule has 5 heteroatoms. The number of nitrogens with zero attached hydrogens (tertiary/aromatic N) is 1. The molecule has 0 radical (unpaired) electrons. The lowest BCUT2D eigenvalue weighted by Crippen LogP contribution is -2.37. The second-order valence-electron chi connectivity index (χ2n) is 2.39. The normalized spacial score (nSPS) is 11.9. The van der Waals surface area contributed by atoms with Gasteiger partial charge in [-0.3, -0.25) is 5.43 Å². The molecule has 0 aromatic rings. The van der Waals surface area contributed by atoms with Crippen LogP contribution in [-0.4, -0.2) is 22.3 Å². The van der Waals surface area contributed by atoms with Gasteiger partial charge < -0.3 is 5.11 Å². The number of thiocarbonyl (C=S) groups is 1. The molecule has 0 bridgehead atoms. The highest BCUT2D eigenvalue weighted by atomic mass is 32.1. The molecule has 0 heterocycles. The smallest absolute Gasteiger partial charge is 0.328 e. The first-order valence-electron chi connectivity index (χ1n) is 3.14. The fourth-order valence-electron chi connectivity index (χ4n) is 0.585. The third kappa shape index (κ3) is 3.70. The molecule has 0 aromatic heterocycles. The number of nitrogens with one attached hydrogen (secondary N) is 1. The van der Waals surface area contributed by atoms with Crippen LogP contribution in [-0.2, 0) is 4.79 Å². The molecule has 0 saturated heterocycles. The lowest BCUT2D eigenvalue weighted by Gasteiger charge is -2.13. The Balaban J connectivity index is 4.11. The van der Waals surface area contributed by atoms with E-state index in [1.807, 2.05) is 5.16 Å². The van der Waals surface area contributed by atoms with E-state index >= 15 is 0 Å². The number of hydrogen-bond donors (Lipinski definition) is 2. The first-order chi connectivity index (χ1) is 5.09. The lowest BCUT2D eigenvalue weighted by atomic mass is 10.1. The first-order valence-corrected chi connectivity index (χ1v) is 3.55. The van der Waals surface area contributed by atoms with Crippen molar-refractivity contribution in [1.29, 1.82) is 0 Å². The van der Waals surface area contributed by atoms with E-state index in [0.717, 1.165) is 0 Å². The molecule has 0 aliphatic heterocycles. The van der Waals surface area contributed by atoms with Gasteiger partial charge in [-0.25, -0.2) is 4.79 Å². The number of carbonyl (C=O) groups is 1. The van der Waals surface area contributed by atoms with Crippen LogP contribution in [0.3, 0.4) is 0 Å². The van der Waals surface area contributed by atoms with Gasteiger partial charge in [-0.2, -0.15) is 0 Å². The minimum absolute atomic E-state index is 0.0281. The summed E-state index contributed by atoms with van der Waals surface area (Å²) in [6.45, 7) is 3.56. The molecule has 4 nitrogen and oxygen atoms in total. The zero-order valence-electron chi connectivity index (χ0n) is 6.37. The fourth-order valence-corrected chi connectivity index (χ4v) is 0.638. The Bertz CT molecular complexity index is 187. The molecular formula is C6H10N2O2S. The van der Waals surface area contributed by atoms with E-state index in [0.29, 0.717) is 0 Å². The largest absolute Gasteiger partial charge is 0.480 e. The molecular weight excluding hydrogens is 164 g/mol. The summed E-state index contributed by atoms with van der Waals surface area (Å²) in [5, 5.41) is 14.0. The lowest BCUT2D eigenvalue weighted by molar-refractivity contribution is -0.140. The monoisotopic (exact) mass is 174 g/mol. The number of hydrogen-bond acceptors (Lipinski definition) is 4. The average molecular weight is 174 g/mol. The summed E-state index contributed by atoms with van der Waals surface area (Å²) >= 11 is 4.27. The van der Waals surface area contributed by atoms with Gasteiger partial charge in [0.15, 0.2) is 0 Å². The van der Waals surface area contributed by atoms with Gasteiger partial charge in [0, 0.05) is 0 Å². The summed E-state index contributed by atoms with van der Waals surface area (Å²) in [5.41, 5.74) is 2.38. The average Bonchev–Trinajstić information content (AvgIpc) is 1.87. The van der Waals surface area contributed by atoms with Gasteiger partial charge in [0.2, 0.25) is 0 Å². The zero-order valence-corrected chi connectivity index (χ0v) is 7.18. The molecule has 1 atom stereocenters. The van der Waals surface area contributed by atoms with Crippen molar-refractivity contribution in [2.24, 2.45) is 11.0 Å². The molecule has 0 aliphatic rings. The quantitative estimate of drug-likeness (QED) is 0.374. The van der Waals surface area contributed by atoms with Crippen molar-refractivity contribution < 1.29 is 9.90 Å². The summed E-state index contributed by atoms with van der Waals surface area (Å²) in [6, 6.07) is -0.689. The van der Waals surface area contributed by atoms with Crippen LogP contribution >= 0.6 is 12.2 Å². The van der Waals surface area contributed by atoms with Gasteiger partial charge in [-0.05, 0) is 18.1 Å². The predicted octanol–water partition coefficient (Wildman–Crippen LogP) is 0.703. The minimum Gasteiger partial charge on any atom is -0.480 e. The Morgan fingerprint density at radius 3 is 2.55 bits per heavy atom.